The summed E-state index contributed by atoms with van der Waals surface area (Å²) in [5.74, 6) is -0.759. The van der Waals surface area contributed by atoms with Gasteiger partial charge in [0.1, 0.15) is 6.04 Å². The highest BCUT2D eigenvalue weighted by molar-refractivity contribution is 6.05. The number of fused-ring (bicyclic) bond motifs is 1. The third-order valence-electron chi connectivity index (χ3n) is 6.18. The maximum absolute atomic E-state index is 12.8. The second-order valence-corrected chi connectivity index (χ2v) is 8.35. The molecule has 0 spiro atoms. The molecule has 31 heavy (non-hydrogen) atoms. The lowest BCUT2D eigenvalue weighted by Crippen LogP contribution is -2.52. The summed E-state index contributed by atoms with van der Waals surface area (Å²) in [6.45, 7) is 6.78. The summed E-state index contributed by atoms with van der Waals surface area (Å²) >= 11 is 0. The molecule has 0 aliphatic carbocycles. The predicted octanol–water partition coefficient (Wildman–Crippen LogP) is 0.0958. The number of carbonyl (C=O) groups excluding carboxylic acids is 4. The Morgan fingerprint density at radius 1 is 1.16 bits per heavy atom. The molecule has 0 radical (unpaired) electrons. The van der Waals surface area contributed by atoms with Crippen molar-refractivity contribution in [2.75, 3.05) is 44.2 Å². The first-order chi connectivity index (χ1) is 15.0. The van der Waals surface area contributed by atoms with E-state index in [4.69, 9.17) is 0 Å². The van der Waals surface area contributed by atoms with Crippen molar-refractivity contribution in [3.8, 4) is 0 Å². The molecule has 4 amide bonds. The standard InChI is InChI=1S/C22H29N5O4/c1-2-7-23-20(29)14-25-8-10-26(11-9-25)16-3-4-17-15(12-16)13-27(22(17)31)18-5-6-19(28)24-21(18)30/h3-4,12,18H,2,5-11,13-14H2,1H3,(H,23,29)(H,24,28,30). The lowest BCUT2D eigenvalue weighted by molar-refractivity contribution is -0.137. The Labute approximate surface area is 181 Å². The van der Waals surface area contributed by atoms with Gasteiger partial charge in [-0.1, -0.05) is 6.92 Å². The molecule has 3 heterocycles. The summed E-state index contributed by atoms with van der Waals surface area (Å²) in [5, 5.41) is 5.25. The van der Waals surface area contributed by atoms with Gasteiger partial charge in [0.15, 0.2) is 0 Å². The third-order valence-corrected chi connectivity index (χ3v) is 6.18. The van der Waals surface area contributed by atoms with Gasteiger partial charge in [0.05, 0.1) is 6.54 Å². The van der Waals surface area contributed by atoms with Crippen molar-refractivity contribution in [2.24, 2.45) is 0 Å². The molecule has 1 aromatic rings. The fourth-order valence-electron chi connectivity index (χ4n) is 4.45. The minimum absolute atomic E-state index is 0.0693. The molecule has 0 saturated carbocycles. The molecule has 1 atom stereocenters. The zero-order valence-corrected chi connectivity index (χ0v) is 17.9. The Kier molecular flexibility index (Phi) is 6.22. The first-order valence-corrected chi connectivity index (χ1v) is 11.0. The van der Waals surface area contributed by atoms with Gasteiger partial charge >= 0.3 is 0 Å². The first kappa shape index (κ1) is 21.3. The van der Waals surface area contributed by atoms with E-state index < -0.39 is 11.9 Å². The van der Waals surface area contributed by atoms with E-state index in [1.165, 1.54) is 0 Å². The Morgan fingerprint density at radius 2 is 1.94 bits per heavy atom. The molecule has 4 rings (SSSR count). The normalized spacial score (nSPS) is 21.8. The molecule has 166 valence electrons. The molecule has 2 N–H and O–H groups in total. The van der Waals surface area contributed by atoms with Crippen LogP contribution in [0.2, 0.25) is 0 Å². The van der Waals surface area contributed by atoms with Crippen LogP contribution in [0, 0.1) is 0 Å². The number of carbonyl (C=O) groups is 4. The average molecular weight is 428 g/mol. The highest BCUT2D eigenvalue weighted by atomic mass is 16.2. The van der Waals surface area contributed by atoms with Crippen molar-refractivity contribution in [1.29, 1.82) is 0 Å². The molecule has 0 bridgehead atoms. The second-order valence-electron chi connectivity index (χ2n) is 8.35. The second kappa shape index (κ2) is 9.05. The number of piperazine rings is 1. The Balaban J connectivity index is 1.36. The molecular formula is C22H29N5O4. The summed E-state index contributed by atoms with van der Waals surface area (Å²) in [5.41, 5.74) is 2.58. The van der Waals surface area contributed by atoms with Gasteiger partial charge in [0, 0.05) is 56.9 Å². The molecule has 3 aliphatic rings. The number of hydrogen-bond donors (Lipinski definition) is 2. The smallest absolute Gasteiger partial charge is 0.255 e. The SMILES string of the molecule is CCCNC(=O)CN1CCN(c2ccc3c(c2)CN(C2CCC(=O)NC2=O)C3=O)CC1. The van der Waals surface area contributed by atoms with Crippen LogP contribution in [-0.2, 0) is 20.9 Å². The van der Waals surface area contributed by atoms with Crippen LogP contribution in [-0.4, -0.2) is 78.7 Å². The van der Waals surface area contributed by atoms with Gasteiger partial charge < -0.3 is 15.1 Å². The van der Waals surface area contributed by atoms with Crippen LogP contribution < -0.4 is 15.5 Å². The Hall–Kier alpha value is -2.94. The van der Waals surface area contributed by atoms with Gasteiger partial charge in [-0.25, -0.2) is 0 Å². The van der Waals surface area contributed by atoms with E-state index in [1.54, 1.807) is 4.90 Å². The van der Waals surface area contributed by atoms with Crippen LogP contribution in [0.3, 0.4) is 0 Å². The molecule has 9 heteroatoms. The zero-order valence-electron chi connectivity index (χ0n) is 17.9. The summed E-state index contributed by atoms with van der Waals surface area (Å²) in [4.78, 5) is 54.4. The number of amides is 4. The quantitative estimate of drug-likeness (QED) is 0.625. The highest BCUT2D eigenvalue weighted by Gasteiger charge is 2.39. The van der Waals surface area contributed by atoms with Crippen molar-refractivity contribution >= 4 is 29.3 Å². The van der Waals surface area contributed by atoms with Crippen molar-refractivity contribution in [1.82, 2.24) is 20.4 Å². The number of rotatable bonds is 6. The fraction of sp³-hybridized carbons (Fsp3) is 0.545. The maximum Gasteiger partial charge on any atom is 0.255 e. The van der Waals surface area contributed by atoms with Crippen molar-refractivity contribution < 1.29 is 19.2 Å². The number of piperidine rings is 1. The Bertz CT molecular complexity index is 894. The average Bonchev–Trinajstić information content (AvgIpc) is 3.08. The molecule has 1 unspecified atom stereocenters. The number of imide groups is 1. The molecule has 3 aliphatic heterocycles. The van der Waals surface area contributed by atoms with E-state index in [-0.39, 0.29) is 24.1 Å². The first-order valence-electron chi connectivity index (χ1n) is 11.0. The van der Waals surface area contributed by atoms with Gasteiger partial charge in [0.2, 0.25) is 17.7 Å². The molecular weight excluding hydrogens is 398 g/mol. The zero-order chi connectivity index (χ0) is 22.0. The van der Waals surface area contributed by atoms with Gasteiger partial charge in [-0.2, -0.15) is 0 Å². The summed E-state index contributed by atoms with van der Waals surface area (Å²) in [6, 6.07) is 5.23. The van der Waals surface area contributed by atoms with Gasteiger partial charge in [0.25, 0.3) is 5.91 Å². The van der Waals surface area contributed by atoms with E-state index in [0.717, 1.165) is 43.9 Å². The number of nitrogens with one attached hydrogen (secondary N) is 2. The van der Waals surface area contributed by atoms with Gasteiger partial charge in [-0.3, -0.25) is 29.4 Å². The summed E-state index contributed by atoms with van der Waals surface area (Å²) in [7, 11) is 0. The minimum atomic E-state index is -0.594. The lowest BCUT2D eigenvalue weighted by Gasteiger charge is -2.35. The van der Waals surface area contributed by atoms with Crippen LogP contribution in [0.4, 0.5) is 5.69 Å². The molecule has 2 fully saturated rings. The van der Waals surface area contributed by atoms with Crippen LogP contribution in [0.1, 0.15) is 42.1 Å². The van der Waals surface area contributed by atoms with Crippen molar-refractivity contribution in [3.63, 3.8) is 0 Å². The molecule has 9 nitrogen and oxygen atoms in total. The lowest BCUT2D eigenvalue weighted by atomic mass is 10.0. The van der Waals surface area contributed by atoms with Gasteiger partial charge in [-0.05, 0) is 36.6 Å². The van der Waals surface area contributed by atoms with E-state index >= 15 is 0 Å². The number of benzene rings is 1. The number of nitrogens with zero attached hydrogens (tertiary/aromatic N) is 3. The van der Waals surface area contributed by atoms with Crippen LogP contribution in [0.25, 0.3) is 0 Å². The minimum Gasteiger partial charge on any atom is -0.369 e. The fourth-order valence-corrected chi connectivity index (χ4v) is 4.45. The monoisotopic (exact) mass is 427 g/mol. The summed E-state index contributed by atoms with van der Waals surface area (Å²) < 4.78 is 0. The number of hydrogen-bond acceptors (Lipinski definition) is 6. The summed E-state index contributed by atoms with van der Waals surface area (Å²) in [6.07, 6.45) is 1.55. The topological polar surface area (TPSA) is 102 Å². The van der Waals surface area contributed by atoms with Crippen LogP contribution in [0.15, 0.2) is 18.2 Å². The largest absolute Gasteiger partial charge is 0.369 e. The number of anilines is 1. The molecule has 0 aromatic heterocycles. The van der Waals surface area contributed by atoms with Crippen molar-refractivity contribution in [3.05, 3.63) is 29.3 Å². The van der Waals surface area contributed by atoms with Crippen LogP contribution >= 0.6 is 0 Å². The van der Waals surface area contributed by atoms with Crippen LogP contribution in [0.5, 0.6) is 0 Å². The predicted molar refractivity (Wildman–Crippen MR) is 114 cm³/mol. The molecule has 2 saturated heterocycles. The van der Waals surface area contributed by atoms with Crippen molar-refractivity contribution in [2.45, 2.75) is 38.8 Å². The maximum atomic E-state index is 12.8. The highest BCUT2D eigenvalue weighted by Crippen LogP contribution is 2.30. The van der Waals surface area contributed by atoms with E-state index in [2.05, 4.69) is 20.4 Å². The van der Waals surface area contributed by atoms with E-state index in [9.17, 15) is 19.2 Å². The van der Waals surface area contributed by atoms with Gasteiger partial charge in [-0.15, -0.1) is 0 Å². The molecule has 1 aromatic carbocycles. The van der Waals surface area contributed by atoms with E-state index in [0.29, 0.717) is 31.6 Å². The third kappa shape index (κ3) is 4.56. The Morgan fingerprint density at radius 3 is 2.65 bits per heavy atom. The van der Waals surface area contributed by atoms with E-state index in [1.807, 2.05) is 25.1 Å².